The first-order valence-corrected chi connectivity index (χ1v) is 6.92. The Balaban J connectivity index is 1.62. The Morgan fingerprint density at radius 3 is 2.71 bits per heavy atom. The second-order valence-electron chi connectivity index (χ2n) is 4.94. The van der Waals surface area contributed by atoms with Crippen molar-refractivity contribution in [1.82, 2.24) is 4.98 Å². The number of amides is 1. The van der Waals surface area contributed by atoms with E-state index in [2.05, 4.69) is 10.3 Å². The van der Waals surface area contributed by atoms with E-state index in [0.29, 0.717) is 18.7 Å². The Kier molecular flexibility index (Phi) is 3.69. The van der Waals surface area contributed by atoms with Crippen molar-refractivity contribution in [1.29, 1.82) is 0 Å². The van der Waals surface area contributed by atoms with Crippen LogP contribution in [0.15, 0.2) is 52.9 Å². The van der Waals surface area contributed by atoms with Gasteiger partial charge in [0.1, 0.15) is 5.52 Å². The van der Waals surface area contributed by atoms with Gasteiger partial charge >= 0.3 is 0 Å². The highest BCUT2D eigenvalue weighted by molar-refractivity contribution is 5.91. The van der Waals surface area contributed by atoms with E-state index in [1.165, 1.54) is 0 Å². The SMILES string of the molecule is Cc1ccccc1NC(=O)CCc1nc2ccccc2o1. The summed E-state index contributed by atoms with van der Waals surface area (Å²) >= 11 is 0. The van der Waals surface area contributed by atoms with Gasteiger partial charge in [0.25, 0.3) is 0 Å². The highest BCUT2D eigenvalue weighted by Gasteiger charge is 2.09. The van der Waals surface area contributed by atoms with Gasteiger partial charge in [-0.2, -0.15) is 0 Å². The molecule has 106 valence electrons. The molecule has 21 heavy (non-hydrogen) atoms. The normalized spacial score (nSPS) is 10.7. The highest BCUT2D eigenvalue weighted by Crippen LogP contribution is 2.17. The molecule has 0 unspecified atom stereocenters. The summed E-state index contributed by atoms with van der Waals surface area (Å²) in [6.07, 6.45) is 0.841. The van der Waals surface area contributed by atoms with Crippen LogP contribution >= 0.6 is 0 Å². The van der Waals surface area contributed by atoms with Gasteiger partial charge in [0.15, 0.2) is 11.5 Å². The summed E-state index contributed by atoms with van der Waals surface area (Å²) < 4.78 is 5.60. The van der Waals surface area contributed by atoms with Crippen LogP contribution in [0, 0.1) is 6.92 Å². The maximum Gasteiger partial charge on any atom is 0.224 e. The molecule has 0 fully saturated rings. The fraction of sp³-hybridized carbons (Fsp3) is 0.176. The van der Waals surface area contributed by atoms with Crippen molar-refractivity contribution in [2.45, 2.75) is 19.8 Å². The molecule has 1 amide bonds. The molecular formula is C17H16N2O2. The number of nitrogens with zero attached hydrogens (tertiary/aromatic N) is 1. The lowest BCUT2D eigenvalue weighted by atomic mass is 10.2. The van der Waals surface area contributed by atoms with Gasteiger partial charge in [-0.05, 0) is 30.7 Å². The zero-order chi connectivity index (χ0) is 14.7. The van der Waals surface area contributed by atoms with Crippen molar-refractivity contribution in [3.05, 3.63) is 60.0 Å². The van der Waals surface area contributed by atoms with E-state index in [4.69, 9.17) is 4.42 Å². The van der Waals surface area contributed by atoms with E-state index < -0.39 is 0 Å². The topological polar surface area (TPSA) is 55.1 Å². The van der Waals surface area contributed by atoms with Crippen LogP contribution in [0.25, 0.3) is 11.1 Å². The number of carbonyl (C=O) groups excluding carboxylic acids is 1. The molecule has 1 aromatic heterocycles. The second-order valence-corrected chi connectivity index (χ2v) is 4.94. The van der Waals surface area contributed by atoms with Crippen LogP contribution in [0.5, 0.6) is 0 Å². The van der Waals surface area contributed by atoms with Crippen LogP contribution < -0.4 is 5.32 Å². The van der Waals surface area contributed by atoms with Gasteiger partial charge in [0.05, 0.1) is 0 Å². The van der Waals surface area contributed by atoms with Gasteiger partial charge < -0.3 is 9.73 Å². The van der Waals surface area contributed by atoms with Crippen LogP contribution in [0.4, 0.5) is 5.69 Å². The van der Waals surface area contributed by atoms with Crippen LogP contribution in [-0.4, -0.2) is 10.9 Å². The molecule has 0 saturated carbocycles. The van der Waals surface area contributed by atoms with Crippen molar-refractivity contribution >= 4 is 22.7 Å². The number of oxazole rings is 1. The third-order valence-electron chi connectivity index (χ3n) is 3.32. The number of fused-ring (bicyclic) bond motifs is 1. The number of para-hydroxylation sites is 3. The lowest BCUT2D eigenvalue weighted by molar-refractivity contribution is -0.116. The van der Waals surface area contributed by atoms with Gasteiger partial charge in [0.2, 0.25) is 5.91 Å². The molecule has 3 rings (SSSR count). The van der Waals surface area contributed by atoms with E-state index >= 15 is 0 Å². The molecule has 0 spiro atoms. The van der Waals surface area contributed by atoms with Crippen LogP contribution in [0.3, 0.4) is 0 Å². The smallest absolute Gasteiger partial charge is 0.224 e. The summed E-state index contributed by atoms with van der Waals surface area (Å²) in [4.78, 5) is 16.3. The van der Waals surface area contributed by atoms with Crippen molar-refractivity contribution < 1.29 is 9.21 Å². The molecule has 0 radical (unpaired) electrons. The summed E-state index contributed by atoms with van der Waals surface area (Å²) in [6.45, 7) is 1.97. The Labute approximate surface area is 122 Å². The summed E-state index contributed by atoms with van der Waals surface area (Å²) in [5.74, 6) is 0.558. The first-order chi connectivity index (χ1) is 10.2. The summed E-state index contributed by atoms with van der Waals surface area (Å²) in [7, 11) is 0. The quantitative estimate of drug-likeness (QED) is 0.792. The Morgan fingerprint density at radius 1 is 1.14 bits per heavy atom. The van der Waals surface area contributed by atoms with Crippen molar-refractivity contribution in [2.75, 3.05) is 5.32 Å². The Hall–Kier alpha value is -2.62. The molecule has 0 saturated heterocycles. The molecule has 0 aliphatic rings. The van der Waals surface area contributed by atoms with Crippen LogP contribution in [0.1, 0.15) is 17.9 Å². The molecule has 0 atom stereocenters. The minimum Gasteiger partial charge on any atom is -0.441 e. The number of hydrogen-bond acceptors (Lipinski definition) is 3. The second kappa shape index (κ2) is 5.79. The highest BCUT2D eigenvalue weighted by atomic mass is 16.3. The number of aryl methyl sites for hydroxylation is 2. The van der Waals surface area contributed by atoms with Crippen LogP contribution in [-0.2, 0) is 11.2 Å². The predicted octanol–water partition coefficient (Wildman–Crippen LogP) is 3.71. The van der Waals surface area contributed by atoms with Gasteiger partial charge in [-0.25, -0.2) is 4.98 Å². The maximum atomic E-state index is 12.0. The molecular weight excluding hydrogens is 264 g/mol. The zero-order valence-corrected chi connectivity index (χ0v) is 11.8. The number of anilines is 1. The van der Waals surface area contributed by atoms with E-state index in [9.17, 15) is 4.79 Å². The number of aromatic nitrogens is 1. The monoisotopic (exact) mass is 280 g/mol. The lowest BCUT2D eigenvalue weighted by Crippen LogP contribution is -2.13. The van der Waals surface area contributed by atoms with Crippen molar-refractivity contribution in [3.8, 4) is 0 Å². The Morgan fingerprint density at radius 2 is 1.90 bits per heavy atom. The van der Waals surface area contributed by atoms with Crippen LogP contribution in [0.2, 0.25) is 0 Å². The van der Waals surface area contributed by atoms with E-state index in [-0.39, 0.29) is 5.91 Å². The van der Waals surface area contributed by atoms with Crippen molar-refractivity contribution in [2.24, 2.45) is 0 Å². The minimum absolute atomic E-state index is 0.0356. The zero-order valence-electron chi connectivity index (χ0n) is 11.8. The molecule has 4 nitrogen and oxygen atoms in total. The molecule has 2 aromatic carbocycles. The fourth-order valence-corrected chi connectivity index (χ4v) is 2.17. The molecule has 0 bridgehead atoms. The maximum absolute atomic E-state index is 12.0. The number of benzene rings is 2. The number of hydrogen-bond donors (Lipinski definition) is 1. The lowest BCUT2D eigenvalue weighted by Gasteiger charge is -2.06. The third kappa shape index (κ3) is 3.11. The molecule has 3 aromatic rings. The number of carbonyl (C=O) groups is 1. The standard InChI is InChI=1S/C17H16N2O2/c1-12-6-2-3-7-13(12)18-16(20)10-11-17-19-14-8-4-5-9-15(14)21-17/h2-9H,10-11H2,1H3,(H,18,20). The summed E-state index contributed by atoms with van der Waals surface area (Å²) in [5.41, 5.74) is 3.48. The largest absolute Gasteiger partial charge is 0.441 e. The first-order valence-electron chi connectivity index (χ1n) is 6.92. The molecule has 0 aliphatic carbocycles. The van der Waals surface area contributed by atoms with Gasteiger partial charge in [-0.1, -0.05) is 30.3 Å². The average molecular weight is 280 g/mol. The average Bonchev–Trinajstić information content (AvgIpc) is 2.90. The first kappa shape index (κ1) is 13.4. The minimum atomic E-state index is -0.0356. The van der Waals surface area contributed by atoms with Gasteiger partial charge in [0, 0.05) is 18.5 Å². The van der Waals surface area contributed by atoms with Gasteiger partial charge in [-0.15, -0.1) is 0 Å². The van der Waals surface area contributed by atoms with Crippen molar-refractivity contribution in [3.63, 3.8) is 0 Å². The molecule has 1 heterocycles. The van der Waals surface area contributed by atoms with Gasteiger partial charge in [-0.3, -0.25) is 4.79 Å². The summed E-state index contributed by atoms with van der Waals surface area (Å²) in [5, 5.41) is 2.91. The summed E-state index contributed by atoms with van der Waals surface area (Å²) in [6, 6.07) is 15.3. The van der Waals surface area contributed by atoms with E-state index in [0.717, 1.165) is 22.4 Å². The molecule has 4 heteroatoms. The Bertz CT molecular complexity index is 744. The van der Waals surface area contributed by atoms with E-state index in [1.807, 2.05) is 55.5 Å². The molecule has 1 N–H and O–H groups in total. The number of nitrogens with one attached hydrogen (secondary N) is 1. The molecule has 0 aliphatic heterocycles. The predicted molar refractivity (Wildman–Crippen MR) is 82.1 cm³/mol. The fourth-order valence-electron chi connectivity index (χ4n) is 2.17. The van der Waals surface area contributed by atoms with E-state index in [1.54, 1.807) is 0 Å². The number of rotatable bonds is 4. The third-order valence-corrected chi connectivity index (χ3v) is 3.32.